The van der Waals surface area contributed by atoms with E-state index in [1.165, 1.54) is 77.0 Å². The summed E-state index contributed by atoms with van der Waals surface area (Å²) in [4.78, 5) is 133. The maximum Gasteiger partial charge on any atom is 0.490 e. The number of unbranched alkanes of at least 4 members (excludes halogenated alkanes) is 22. The molecule has 0 saturated carbocycles. The monoisotopic (exact) mass is 1570 g/mol. The number of rotatable bonds is 58. The lowest BCUT2D eigenvalue weighted by Gasteiger charge is -2.24. The quantitative estimate of drug-likeness (QED) is 0.00677. The second-order valence-electron chi connectivity index (χ2n) is 25.1. The molecular weight excluding hydrogens is 1440 g/mol. The van der Waals surface area contributed by atoms with Gasteiger partial charge in [-0.3, -0.25) is 48.5 Å². The summed E-state index contributed by atoms with van der Waals surface area (Å²) in [7, 11) is 0. The first-order valence-electron chi connectivity index (χ1n) is 36.9. The Morgan fingerprint density at radius 1 is 0.380 bits per heavy atom. The summed E-state index contributed by atoms with van der Waals surface area (Å²) in [6.45, 7) is 6.10. The van der Waals surface area contributed by atoms with Crippen LogP contribution in [0.15, 0.2) is 51.4 Å². The average molecular weight is 1570 g/mol. The van der Waals surface area contributed by atoms with Gasteiger partial charge in [0, 0.05) is 70.8 Å². The maximum atomic E-state index is 14.0. The van der Waals surface area contributed by atoms with E-state index in [9.17, 15) is 73.1 Å². The minimum atomic E-state index is -5.08. The van der Waals surface area contributed by atoms with Crippen molar-refractivity contribution >= 4 is 77.1 Å². The predicted octanol–water partition coefficient (Wildman–Crippen LogP) is 8.46. The van der Waals surface area contributed by atoms with Crippen molar-refractivity contribution in [3.8, 4) is 0 Å². The SMILES string of the molecule is CCCCCCCC/C=C\CCCCCCCC(=O)NCCCN(CCCNC(=O)CCCCCCC/C=C\CCCCCCCC)C(=O)/C=C\C(=O)N[C@@H](CCCN=C(N)N)C(=O)N[C@@H](CCCN=C(N)N)C(=O)N[C@@H](CCCN=C(N)N)C(N)=O.O=C(O)C(F)(F)F.O=C(O)C(F)(F)F.O=C(O)C(F)(F)F. The summed E-state index contributed by atoms with van der Waals surface area (Å²) in [5, 5.41) is 35.2. The first kappa shape index (κ1) is 105. The Balaban J connectivity index is -0.00000222. The van der Waals surface area contributed by atoms with Gasteiger partial charge in [-0.1, -0.05) is 141 Å². The normalized spacial score (nSPS) is 12.1. The molecule has 0 aromatic carbocycles. The van der Waals surface area contributed by atoms with Crippen LogP contribution in [-0.2, 0) is 47.9 Å². The van der Waals surface area contributed by atoms with Crippen LogP contribution in [0, 0.1) is 0 Å². The number of aliphatic imine (C=N–C) groups is 3. The molecule has 0 unspecified atom stereocenters. The smallest absolute Gasteiger partial charge is 0.475 e. The zero-order chi connectivity index (χ0) is 82.6. The number of alkyl halides is 9. The molecule has 0 aliphatic carbocycles. The molecule has 0 rings (SSSR count). The number of hydrogen-bond donors (Lipinski definition) is 15. The third-order valence-corrected chi connectivity index (χ3v) is 15.4. The van der Waals surface area contributed by atoms with Gasteiger partial charge in [-0.25, -0.2) is 14.4 Å². The number of carboxylic acids is 3. The molecule has 29 nitrogen and oxygen atoms in total. The second-order valence-corrected chi connectivity index (χ2v) is 25.1. The number of carboxylic acid groups (broad SMARTS) is 3. The van der Waals surface area contributed by atoms with E-state index in [4.69, 9.17) is 69.8 Å². The zero-order valence-corrected chi connectivity index (χ0v) is 62.8. The zero-order valence-electron chi connectivity index (χ0n) is 62.8. The molecule has 38 heteroatoms. The van der Waals surface area contributed by atoms with E-state index in [0.29, 0.717) is 45.2 Å². The minimum Gasteiger partial charge on any atom is -0.475 e. The lowest BCUT2D eigenvalue weighted by molar-refractivity contribution is -0.193. The summed E-state index contributed by atoms with van der Waals surface area (Å²) < 4.78 is 95.2. The Kier molecular flexibility index (Phi) is 65.9. The van der Waals surface area contributed by atoms with Crippen molar-refractivity contribution in [1.29, 1.82) is 0 Å². The Hall–Kier alpha value is -8.90. The van der Waals surface area contributed by atoms with Gasteiger partial charge in [0.15, 0.2) is 17.9 Å². The topological polar surface area (TPSA) is 514 Å². The first-order chi connectivity index (χ1) is 50.8. The number of carbonyl (C=O) groups is 10. The average Bonchev–Trinajstić information content (AvgIpc) is 0.872. The number of nitrogens with zero attached hydrogens (tertiary/aromatic N) is 4. The molecule has 0 spiro atoms. The van der Waals surface area contributed by atoms with Crippen molar-refractivity contribution in [1.82, 2.24) is 31.5 Å². The fourth-order valence-electron chi connectivity index (χ4n) is 9.57. The highest BCUT2D eigenvalue weighted by Crippen LogP contribution is 2.17. The van der Waals surface area contributed by atoms with Crippen LogP contribution in [0.4, 0.5) is 39.5 Å². The van der Waals surface area contributed by atoms with Gasteiger partial charge in [0.2, 0.25) is 41.4 Å². The Morgan fingerprint density at radius 2 is 0.657 bits per heavy atom. The molecule has 0 radical (unpaired) electrons. The van der Waals surface area contributed by atoms with E-state index in [2.05, 4.69) is 79.7 Å². The van der Waals surface area contributed by atoms with Crippen LogP contribution in [-0.4, -0.2) is 180 Å². The third-order valence-electron chi connectivity index (χ3n) is 15.4. The molecule has 0 bridgehead atoms. The number of halogens is 9. The lowest BCUT2D eigenvalue weighted by atomic mass is 10.1. The highest BCUT2D eigenvalue weighted by Gasteiger charge is 2.40. The molecule has 0 fully saturated rings. The molecule has 0 heterocycles. The number of hydrogen-bond acceptors (Lipinski definition) is 13. The molecule has 3 atom stereocenters. The summed E-state index contributed by atoms with van der Waals surface area (Å²) in [6, 6.07) is -3.60. The minimum absolute atomic E-state index is 0.0191. The molecule has 0 aromatic rings. The number of amides is 7. The summed E-state index contributed by atoms with van der Waals surface area (Å²) in [5.74, 6) is -12.4. The van der Waals surface area contributed by atoms with Crippen molar-refractivity contribution in [2.75, 3.05) is 45.8 Å². The van der Waals surface area contributed by atoms with E-state index in [1.807, 2.05) is 0 Å². The van der Waals surface area contributed by atoms with Crippen LogP contribution in [0.2, 0.25) is 0 Å². The number of nitrogens with two attached hydrogens (primary N) is 7. The van der Waals surface area contributed by atoms with E-state index in [0.717, 1.165) is 102 Å². The van der Waals surface area contributed by atoms with Crippen molar-refractivity contribution in [3.63, 3.8) is 0 Å². The van der Waals surface area contributed by atoms with Crippen molar-refractivity contribution in [2.24, 2.45) is 55.1 Å². The van der Waals surface area contributed by atoms with Gasteiger partial charge in [0.1, 0.15) is 18.1 Å². The highest BCUT2D eigenvalue weighted by atomic mass is 19.4. The fraction of sp³-hybridized carbons (Fsp3) is 0.729. The van der Waals surface area contributed by atoms with Gasteiger partial charge in [0.05, 0.1) is 0 Å². The van der Waals surface area contributed by atoms with Gasteiger partial charge in [-0.15, -0.1) is 0 Å². The molecule has 108 heavy (non-hydrogen) atoms. The lowest BCUT2D eigenvalue weighted by Crippen LogP contribution is -2.56. The summed E-state index contributed by atoms with van der Waals surface area (Å²) >= 11 is 0. The van der Waals surface area contributed by atoms with Crippen LogP contribution in [0.5, 0.6) is 0 Å². The second kappa shape index (κ2) is 67.5. The van der Waals surface area contributed by atoms with Gasteiger partial charge >= 0.3 is 36.4 Å². The van der Waals surface area contributed by atoms with Crippen molar-refractivity contribution in [2.45, 2.75) is 282 Å². The van der Waals surface area contributed by atoms with Gasteiger partial charge in [-0.2, -0.15) is 39.5 Å². The third kappa shape index (κ3) is 72.7. The molecule has 0 aliphatic rings. The molecule has 0 aromatic heterocycles. The van der Waals surface area contributed by atoms with Crippen LogP contribution >= 0.6 is 0 Å². The maximum absolute atomic E-state index is 14.0. The van der Waals surface area contributed by atoms with Crippen LogP contribution < -0.4 is 66.7 Å². The molecule has 0 saturated heterocycles. The number of carbonyl (C=O) groups excluding carboxylic acids is 7. The van der Waals surface area contributed by atoms with Crippen LogP contribution in [0.25, 0.3) is 0 Å². The number of guanidine groups is 3. The summed E-state index contributed by atoms with van der Waals surface area (Å²) in [6.07, 6.45) is 29.3. The van der Waals surface area contributed by atoms with E-state index < -0.39 is 84.1 Å². The van der Waals surface area contributed by atoms with Crippen LogP contribution in [0.1, 0.15) is 245 Å². The molecule has 0 aliphatic heterocycles. The number of primary amides is 1. The largest absolute Gasteiger partial charge is 0.490 e. The van der Waals surface area contributed by atoms with E-state index >= 15 is 0 Å². The molecule has 7 amide bonds. The number of nitrogens with one attached hydrogen (secondary N) is 5. The Labute approximate surface area is 628 Å². The summed E-state index contributed by atoms with van der Waals surface area (Å²) in [5.41, 5.74) is 38.5. The van der Waals surface area contributed by atoms with Crippen molar-refractivity contribution < 1.29 is 103 Å². The fourth-order valence-corrected chi connectivity index (χ4v) is 9.57. The first-order valence-corrected chi connectivity index (χ1v) is 36.9. The number of aliphatic carboxylic acids is 3. The number of allylic oxidation sites excluding steroid dienone is 4. The standard InChI is InChI=1S/C64H120N16O7.3C2HF3O2/c1-3-5-7-9-11-13-15-17-19-21-23-25-27-29-31-41-55(81)72-48-36-50-80(51-37-49-73-56(82)42-32-30-28-26-24-22-20-18-16-14-12-10-8-6-4-2)58(84)44-43-57(83)77-53(39-34-46-75-63(68)69)60(86)79-54(40-35-47-76-64(70)71)61(87)78-52(59(65)85)38-33-45-74-62(66)67;3*3-2(4,5)1(6)7/h17-20,43-44,52-54H,3-16,21-42,45-51H2,1-2H3,(H2,65,85)(H,72,81)(H,73,82)(H,77,83)(H,78,87)(H,79,86)(H4,66,67,74)(H4,68,69,75)(H4,70,71,76);3*(H,6,7)/b19-17-,20-18-,44-43-;;;/t52-,53-,54-;;;/m0.../s1. The van der Waals surface area contributed by atoms with Gasteiger partial charge in [-0.05, 0) is 116 Å². The van der Waals surface area contributed by atoms with Gasteiger partial charge < -0.3 is 86.9 Å². The molecular formula is C70H123F9N16O13. The molecule has 624 valence electrons. The Bertz CT molecular complexity index is 2580. The van der Waals surface area contributed by atoms with Crippen molar-refractivity contribution in [3.05, 3.63) is 36.5 Å². The molecule has 22 N–H and O–H groups in total. The van der Waals surface area contributed by atoms with Crippen LogP contribution in [0.3, 0.4) is 0 Å². The Morgan fingerprint density at radius 3 is 0.954 bits per heavy atom. The van der Waals surface area contributed by atoms with E-state index in [1.54, 1.807) is 4.90 Å². The highest BCUT2D eigenvalue weighted by molar-refractivity contribution is 5.99. The van der Waals surface area contributed by atoms with Gasteiger partial charge in [0.25, 0.3) is 0 Å². The predicted molar refractivity (Wildman–Crippen MR) is 396 cm³/mol. The van der Waals surface area contributed by atoms with E-state index in [-0.39, 0.29) is 94.5 Å².